The predicted octanol–water partition coefficient (Wildman–Crippen LogP) is 3.32. The minimum absolute atomic E-state index is 0.150. The molecular formula is C13H20N2O2S. The molecule has 0 fully saturated rings. The van der Waals surface area contributed by atoms with Gasteiger partial charge in [-0.1, -0.05) is 13.8 Å². The number of non-ortho nitro benzene ring substituents is 1. The van der Waals surface area contributed by atoms with Crippen LogP contribution in [0.3, 0.4) is 0 Å². The van der Waals surface area contributed by atoms with Crippen molar-refractivity contribution < 1.29 is 4.92 Å². The lowest BCUT2D eigenvalue weighted by Crippen LogP contribution is -2.23. The van der Waals surface area contributed by atoms with Gasteiger partial charge in [0.25, 0.3) is 5.69 Å². The highest BCUT2D eigenvalue weighted by Gasteiger charge is 2.06. The van der Waals surface area contributed by atoms with E-state index in [0.717, 1.165) is 30.2 Å². The van der Waals surface area contributed by atoms with Gasteiger partial charge in [-0.2, -0.15) is 0 Å². The van der Waals surface area contributed by atoms with Crippen LogP contribution in [0.1, 0.15) is 20.3 Å². The second-order valence-electron chi connectivity index (χ2n) is 4.37. The molecule has 1 atom stereocenters. The van der Waals surface area contributed by atoms with Gasteiger partial charge >= 0.3 is 0 Å². The molecule has 0 saturated heterocycles. The number of hydrogen-bond acceptors (Lipinski definition) is 4. The van der Waals surface area contributed by atoms with Crippen molar-refractivity contribution >= 4 is 17.4 Å². The van der Waals surface area contributed by atoms with Gasteiger partial charge in [-0.15, -0.1) is 11.8 Å². The Morgan fingerprint density at radius 1 is 1.39 bits per heavy atom. The smallest absolute Gasteiger partial charge is 0.269 e. The second kappa shape index (κ2) is 8.11. The number of hydrogen-bond donors (Lipinski definition) is 1. The van der Waals surface area contributed by atoms with Gasteiger partial charge in [0.15, 0.2) is 0 Å². The third-order valence-corrected chi connectivity index (χ3v) is 3.84. The number of nitrogens with zero attached hydrogens (tertiary/aromatic N) is 1. The molecule has 0 aliphatic carbocycles. The molecule has 0 aromatic heterocycles. The van der Waals surface area contributed by atoms with Gasteiger partial charge in [-0.05, 0) is 37.6 Å². The lowest BCUT2D eigenvalue weighted by molar-refractivity contribution is -0.384. The number of thioether (sulfide) groups is 1. The zero-order chi connectivity index (χ0) is 13.4. The standard InChI is InChI=1S/C13H20N2O2S/c1-3-8-14-9-11(2)10-18-13-6-4-12(5-7-13)15(16)17/h4-7,11,14H,3,8-10H2,1-2H3. The maximum Gasteiger partial charge on any atom is 0.269 e. The van der Waals surface area contributed by atoms with E-state index in [4.69, 9.17) is 0 Å². The molecule has 0 aliphatic heterocycles. The van der Waals surface area contributed by atoms with Crippen LogP contribution in [-0.2, 0) is 0 Å². The van der Waals surface area contributed by atoms with Gasteiger partial charge in [0.2, 0.25) is 0 Å². The first kappa shape index (κ1) is 15.0. The van der Waals surface area contributed by atoms with Crippen LogP contribution in [0.15, 0.2) is 29.2 Å². The molecule has 100 valence electrons. The molecule has 1 aromatic rings. The maximum absolute atomic E-state index is 10.5. The van der Waals surface area contributed by atoms with Crippen LogP contribution in [-0.4, -0.2) is 23.8 Å². The zero-order valence-electron chi connectivity index (χ0n) is 10.9. The van der Waals surface area contributed by atoms with Crippen molar-refractivity contribution in [1.29, 1.82) is 0 Å². The summed E-state index contributed by atoms with van der Waals surface area (Å²) in [7, 11) is 0. The predicted molar refractivity (Wildman–Crippen MR) is 76.1 cm³/mol. The van der Waals surface area contributed by atoms with Crippen molar-refractivity contribution in [2.75, 3.05) is 18.8 Å². The molecule has 0 amide bonds. The van der Waals surface area contributed by atoms with Gasteiger partial charge in [0.05, 0.1) is 4.92 Å². The van der Waals surface area contributed by atoms with Gasteiger partial charge in [0, 0.05) is 22.8 Å². The molecule has 0 aliphatic rings. The van der Waals surface area contributed by atoms with Gasteiger partial charge < -0.3 is 5.32 Å². The molecule has 0 saturated carbocycles. The fraction of sp³-hybridized carbons (Fsp3) is 0.538. The third kappa shape index (κ3) is 5.51. The SMILES string of the molecule is CCCNCC(C)CSc1ccc([N+](=O)[O-])cc1. The molecule has 0 spiro atoms. The molecule has 0 heterocycles. The number of benzene rings is 1. The fourth-order valence-corrected chi connectivity index (χ4v) is 2.41. The van der Waals surface area contributed by atoms with Crippen molar-refractivity contribution in [3.05, 3.63) is 34.4 Å². The zero-order valence-corrected chi connectivity index (χ0v) is 11.7. The van der Waals surface area contributed by atoms with E-state index in [-0.39, 0.29) is 10.6 Å². The summed E-state index contributed by atoms with van der Waals surface area (Å²) in [6.07, 6.45) is 1.15. The summed E-state index contributed by atoms with van der Waals surface area (Å²) >= 11 is 1.74. The van der Waals surface area contributed by atoms with Crippen LogP contribution in [0.25, 0.3) is 0 Å². The van der Waals surface area contributed by atoms with Crippen LogP contribution in [0.4, 0.5) is 5.69 Å². The first-order valence-corrected chi connectivity index (χ1v) is 7.20. The highest BCUT2D eigenvalue weighted by Crippen LogP contribution is 2.23. The summed E-state index contributed by atoms with van der Waals surface area (Å²) in [6, 6.07) is 6.74. The topological polar surface area (TPSA) is 55.2 Å². The molecule has 4 nitrogen and oxygen atoms in total. The lowest BCUT2D eigenvalue weighted by atomic mass is 10.2. The maximum atomic E-state index is 10.5. The molecule has 0 bridgehead atoms. The normalized spacial score (nSPS) is 12.3. The molecule has 0 radical (unpaired) electrons. The minimum Gasteiger partial charge on any atom is -0.316 e. The van der Waals surface area contributed by atoms with Crippen molar-refractivity contribution in [2.24, 2.45) is 5.92 Å². The molecule has 1 aromatic carbocycles. The summed E-state index contributed by atoms with van der Waals surface area (Å²) in [5.74, 6) is 1.62. The fourth-order valence-electron chi connectivity index (χ4n) is 1.49. The molecular weight excluding hydrogens is 248 g/mol. The second-order valence-corrected chi connectivity index (χ2v) is 5.46. The Bertz CT molecular complexity index is 368. The molecule has 1 unspecified atom stereocenters. The van der Waals surface area contributed by atoms with Crippen molar-refractivity contribution in [1.82, 2.24) is 5.32 Å². The Balaban J connectivity index is 2.32. The van der Waals surface area contributed by atoms with Crippen LogP contribution in [0.5, 0.6) is 0 Å². The van der Waals surface area contributed by atoms with Gasteiger partial charge in [-0.25, -0.2) is 0 Å². The summed E-state index contributed by atoms with van der Waals surface area (Å²) in [6.45, 7) is 6.45. The number of nitrogens with one attached hydrogen (secondary N) is 1. The van der Waals surface area contributed by atoms with E-state index >= 15 is 0 Å². The highest BCUT2D eigenvalue weighted by atomic mass is 32.2. The quantitative estimate of drug-likeness (QED) is 0.340. The molecule has 1 rings (SSSR count). The largest absolute Gasteiger partial charge is 0.316 e. The number of nitro benzene ring substituents is 1. The molecule has 5 heteroatoms. The van der Waals surface area contributed by atoms with Crippen LogP contribution in [0.2, 0.25) is 0 Å². The van der Waals surface area contributed by atoms with Crippen molar-refractivity contribution in [2.45, 2.75) is 25.2 Å². The van der Waals surface area contributed by atoms with E-state index in [0.29, 0.717) is 5.92 Å². The lowest BCUT2D eigenvalue weighted by Gasteiger charge is -2.11. The van der Waals surface area contributed by atoms with Crippen LogP contribution < -0.4 is 5.32 Å². The summed E-state index contributed by atoms with van der Waals surface area (Å²) < 4.78 is 0. The first-order chi connectivity index (χ1) is 8.63. The highest BCUT2D eigenvalue weighted by molar-refractivity contribution is 7.99. The van der Waals surface area contributed by atoms with E-state index in [1.807, 2.05) is 12.1 Å². The van der Waals surface area contributed by atoms with Crippen LogP contribution >= 0.6 is 11.8 Å². The van der Waals surface area contributed by atoms with E-state index in [9.17, 15) is 10.1 Å². The Morgan fingerprint density at radius 3 is 2.61 bits per heavy atom. The summed E-state index contributed by atoms with van der Waals surface area (Å²) in [5, 5.41) is 13.9. The Hall–Kier alpha value is -1.07. The van der Waals surface area contributed by atoms with E-state index < -0.39 is 0 Å². The summed E-state index contributed by atoms with van der Waals surface area (Å²) in [5.41, 5.74) is 0.150. The van der Waals surface area contributed by atoms with Crippen LogP contribution in [0, 0.1) is 16.0 Å². The monoisotopic (exact) mass is 268 g/mol. The average Bonchev–Trinajstić information content (AvgIpc) is 2.37. The first-order valence-electron chi connectivity index (χ1n) is 6.21. The average molecular weight is 268 g/mol. The van der Waals surface area contributed by atoms with Crippen molar-refractivity contribution in [3.63, 3.8) is 0 Å². The minimum atomic E-state index is -0.369. The Labute approximate surface area is 112 Å². The molecule has 18 heavy (non-hydrogen) atoms. The van der Waals surface area contributed by atoms with Gasteiger partial charge in [-0.3, -0.25) is 10.1 Å². The van der Waals surface area contributed by atoms with E-state index in [1.165, 1.54) is 0 Å². The number of rotatable bonds is 8. The Kier molecular flexibility index (Phi) is 6.75. The van der Waals surface area contributed by atoms with E-state index in [2.05, 4.69) is 19.2 Å². The number of nitro groups is 1. The Morgan fingerprint density at radius 2 is 2.06 bits per heavy atom. The third-order valence-electron chi connectivity index (χ3n) is 2.50. The van der Waals surface area contributed by atoms with Gasteiger partial charge in [0.1, 0.15) is 0 Å². The molecule has 1 N–H and O–H groups in total. The van der Waals surface area contributed by atoms with E-state index in [1.54, 1.807) is 23.9 Å². The van der Waals surface area contributed by atoms with Crippen molar-refractivity contribution in [3.8, 4) is 0 Å². The summed E-state index contributed by atoms with van der Waals surface area (Å²) in [4.78, 5) is 11.2.